The minimum Gasteiger partial charge on any atom is -0.383 e. The first-order valence-electron chi connectivity index (χ1n) is 9.45. The van der Waals surface area contributed by atoms with Crippen molar-refractivity contribution in [3.05, 3.63) is 45.9 Å². The molecule has 3 rings (SSSR count). The lowest BCUT2D eigenvalue weighted by Crippen LogP contribution is -2.26. The molecule has 0 aliphatic carbocycles. The van der Waals surface area contributed by atoms with Crippen LogP contribution >= 0.6 is 0 Å². The van der Waals surface area contributed by atoms with Gasteiger partial charge in [-0.2, -0.15) is 0 Å². The molecule has 0 fully saturated rings. The van der Waals surface area contributed by atoms with Gasteiger partial charge in [-0.1, -0.05) is 19.1 Å². The van der Waals surface area contributed by atoms with Gasteiger partial charge >= 0.3 is 5.69 Å². The van der Waals surface area contributed by atoms with Crippen molar-refractivity contribution in [2.75, 3.05) is 31.7 Å². The second-order valence-corrected chi connectivity index (χ2v) is 8.07. The summed E-state index contributed by atoms with van der Waals surface area (Å²) < 4.78 is 18.6. The van der Waals surface area contributed by atoms with Gasteiger partial charge in [0, 0.05) is 25.0 Å². The fourth-order valence-corrected chi connectivity index (χ4v) is 3.81. The minimum absolute atomic E-state index is 0.0818. The summed E-state index contributed by atoms with van der Waals surface area (Å²) in [6.07, 6.45) is 0.708. The first kappa shape index (κ1) is 21.7. The predicted octanol–water partition coefficient (Wildman–Crippen LogP) is 0.644. The molecule has 0 aliphatic rings. The molecule has 1 atom stereocenters. The Labute approximate surface area is 175 Å². The number of carbonyl (C=O) groups excluding carboxylic acids is 1. The number of aromatic nitrogens is 4. The molecule has 1 unspecified atom stereocenters. The maximum atomic E-state index is 12.5. The number of nitrogens with zero attached hydrogens (tertiary/aromatic N) is 3. The molecule has 1 aromatic carbocycles. The number of aromatic amines is 1. The SMILES string of the molecule is CCCS(=O)c1nc(N)c2[nH]c(=O)n(Cc3ccc(C(=O)NCCOC)cc3)c2n1. The number of hydrogen-bond acceptors (Lipinski definition) is 7. The molecular weight excluding hydrogens is 408 g/mol. The number of anilines is 1. The Morgan fingerprint density at radius 3 is 2.70 bits per heavy atom. The molecule has 160 valence electrons. The van der Waals surface area contributed by atoms with Gasteiger partial charge in [0.1, 0.15) is 5.52 Å². The Balaban J connectivity index is 1.86. The van der Waals surface area contributed by atoms with Crippen molar-refractivity contribution in [1.29, 1.82) is 0 Å². The Morgan fingerprint density at radius 2 is 2.03 bits per heavy atom. The van der Waals surface area contributed by atoms with E-state index in [1.54, 1.807) is 31.4 Å². The van der Waals surface area contributed by atoms with Crippen molar-refractivity contribution >= 4 is 33.7 Å². The van der Waals surface area contributed by atoms with E-state index in [2.05, 4.69) is 20.3 Å². The monoisotopic (exact) mass is 432 g/mol. The molecule has 3 aromatic rings. The van der Waals surface area contributed by atoms with E-state index >= 15 is 0 Å². The van der Waals surface area contributed by atoms with Crippen LogP contribution in [0.15, 0.2) is 34.2 Å². The number of nitrogens with two attached hydrogens (primary N) is 1. The smallest absolute Gasteiger partial charge is 0.328 e. The summed E-state index contributed by atoms with van der Waals surface area (Å²) in [7, 11) is 0.174. The molecule has 1 amide bonds. The number of nitrogens with one attached hydrogen (secondary N) is 2. The number of H-pyrrole nitrogens is 1. The van der Waals surface area contributed by atoms with Crippen LogP contribution in [-0.4, -0.2) is 55.6 Å². The highest BCUT2D eigenvalue weighted by Gasteiger charge is 2.17. The van der Waals surface area contributed by atoms with E-state index in [9.17, 15) is 13.8 Å². The standard InChI is InChI=1S/C19H24N6O4S/c1-3-10-30(28)18-23-15(20)14-16(24-18)25(19(27)22-14)11-12-4-6-13(7-5-12)17(26)21-8-9-29-2/h4-7H,3,8-11H2,1-2H3,(H,21,26)(H,22,27)(H2,20,23,24). The number of ether oxygens (including phenoxy) is 1. The van der Waals surface area contributed by atoms with E-state index in [4.69, 9.17) is 10.5 Å². The first-order valence-corrected chi connectivity index (χ1v) is 10.8. The Kier molecular flexibility index (Phi) is 6.95. The van der Waals surface area contributed by atoms with E-state index in [-0.39, 0.29) is 23.4 Å². The van der Waals surface area contributed by atoms with Gasteiger partial charge in [-0.05, 0) is 24.1 Å². The van der Waals surface area contributed by atoms with Gasteiger partial charge in [0.15, 0.2) is 11.5 Å². The summed E-state index contributed by atoms with van der Waals surface area (Å²) >= 11 is 0. The van der Waals surface area contributed by atoms with Crippen LogP contribution in [-0.2, 0) is 22.1 Å². The highest BCUT2D eigenvalue weighted by atomic mass is 32.2. The molecule has 0 saturated heterocycles. The normalized spacial score (nSPS) is 12.2. The van der Waals surface area contributed by atoms with Crippen LogP contribution in [0.3, 0.4) is 0 Å². The summed E-state index contributed by atoms with van der Waals surface area (Å²) in [4.78, 5) is 35.6. The fourth-order valence-electron chi connectivity index (χ4n) is 2.87. The predicted molar refractivity (Wildman–Crippen MR) is 114 cm³/mol. The number of nitrogen functional groups attached to an aromatic ring is 1. The zero-order valence-electron chi connectivity index (χ0n) is 16.8. The average Bonchev–Trinajstić information content (AvgIpc) is 3.05. The van der Waals surface area contributed by atoms with E-state index < -0.39 is 16.5 Å². The van der Waals surface area contributed by atoms with Crippen molar-refractivity contribution in [2.24, 2.45) is 0 Å². The van der Waals surface area contributed by atoms with E-state index in [1.807, 2.05) is 6.92 Å². The molecule has 4 N–H and O–H groups in total. The van der Waals surface area contributed by atoms with Crippen molar-refractivity contribution < 1.29 is 13.7 Å². The molecule has 0 aliphatic heterocycles. The summed E-state index contributed by atoms with van der Waals surface area (Å²) in [6.45, 7) is 2.97. The Hall–Kier alpha value is -3.05. The lowest BCUT2D eigenvalue weighted by Gasteiger charge is -2.07. The van der Waals surface area contributed by atoms with Crippen LogP contribution in [0, 0.1) is 0 Å². The van der Waals surface area contributed by atoms with Crippen LogP contribution in [0.25, 0.3) is 11.2 Å². The lowest BCUT2D eigenvalue weighted by molar-refractivity contribution is 0.0937. The lowest BCUT2D eigenvalue weighted by atomic mass is 10.1. The third kappa shape index (κ3) is 4.74. The molecule has 0 bridgehead atoms. The topological polar surface area (TPSA) is 145 Å². The molecule has 2 aromatic heterocycles. The zero-order chi connectivity index (χ0) is 21.7. The van der Waals surface area contributed by atoms with E-state index in [0.29, 0.717) is 42.1 Å². The summed E-state index contributed by atoms with van der Waals surface area (Å²) in [5.74, 6) is 0.290. The highest BCUT2D eigenvalue weighted by molar-refractivity contribution is 7.84. The number of amides is 1. The summed E-state index contributed by atoms with van der Waals surface area (Å²) in [5.41, 5.74) is 7.46. The minimum atomic E-state index is -1.39. The third-order valence-electron chi connectivity index (χ3n) is 4.37. The second-order valence-electron chi connectivity index (χ2n) is 6.60. The Bertz CT molecular complexity index is 1120. The van der Waals surface area contributed by atoms with Crippen LogP contribution in [0.1, 0.15) is 29.3 Å². The second kappa shape index (κ2) is 9.63. The van der Waals surface area contributed by atoms with Crippen molar-refractivity contribution in [2.45, 2.75) is 25.0 Å². The molecule has 2 heterocycles. The van der Waals surface area contributed by atoms with Gasteiger partial charge in [0.25, 0.3) is 5.91 Å². The molecule has 0 radical (unpaired) electrons. The van der Waals surface area contributed by atoms with Crippen LogP contribution in [0.4, 0.5) is 5.82 Å². The highest BCUT2D eigenvalue weighted by Crippen LogP contribution is 2.17. The van der Waals surface area contributed by atoms with Crippen molar-refractivity contribution in [1.82, 2.24) is 24.8 Å². The number of carbonyl (C=O) groups is 1. The number of fused-ring (bicyclic) bond motifs is 1. The quantitative estimate of drug-likeness (QED) is 0.332. The van der Waals surface area contributed by atoms with E-state index in [0.717, 1.165) is 5.56 Å². The number of hydrogen-bond donors (Lipinski definition) is 3. The van der Waals surface area contributed by atoms with Crippen LogP contribution < -0.4 is 16.7 Å². The first-order chi connectivity index (χ1) is 14.4. The molecule has 0 spiro atoms. The number of imidazole rings is 1. The van der Waals surface area contributed by atoms with Crippen molar-refractivity contribution in [3.63, 3.8) is 0 Å². The summed E-state index contributed by atoms with van der Waals surface area (Å²) in [6, 6.07) is 6.89. The van der Waals surface area contributed by atoms with Crippen LogP contribution in [0.2, 0.25) is 0 Å². The van der Waals surface area contributed by atoms with Gasteiger partial charge < -0.3 is 20.8 Å². The molecule has 30 heavy (non-hydrogen) atoms. The van der Waals surface area contributed by atoms with Gasteiger partial charge in [0.05, 0.1) is 24.0 Å². The number of benzene rings is 1. The van der Waals surface area contributed by atoms with Gasteiger partial charge in [-0.15, -0.1) is 0 Å². The molecule has 11 heteroatoms. The Morgan fingerprint density at radius 1 is 1.30 bits per heavy atom. The summed E-state index contributed by atoms with van der Waals surface area (Å²) in [5, 5.41) is 2.86. The maximum absolute atomic E-state index is 12.5. The van der Waals surface area contributed by atoms with Gasteiger partial charge in [0.2, 0.25) is 5.16 Å². The molecule has 0 saturated carbocycles. The number of methoxy groups -OCH3 is 1. The third-order valence-corrected chi connectivity index (χ3v) is 5.74. The van der Waals surface area contributed by atoms with Crippen molar-refractivity contribution in [3.8, 4) is 0 Å². The average molecular weight is 433 g/mol. The fraction of sp³-hybridized carbons (Fsp3) is 0.368. The van der Waals surface area contributed by atoms with Crippen LogP contribution in [0.5, 0.6) is 0 Å². The number of rotatable bonds is 9. The zero-order valence-corrected chi connectivity index (χ0v) is 17.6. The largest absolute Gasteiger partial charge is 0.383 e. The molecule has 10 nitrogen and oxygen atoms in total. The van der Waals surface area contributed by atoms with Gasteiger partial charge in [-0.25, -0.2) is 14.8 Å². The van der Waals surface area contributed by atoms with Gasteiger partial charge in [-0.3, -0.25) is 13.6 Å². The molecular formula is C19H24N6O4S. The van der Waals surface area contributed by atoms with E-state index in [1.165, 1.54) is 4.57 Å². The maximum Gasteiger partial charge on any atom is 0.328 e.